The predicted molar refractivity (Wildman–Crippen MR) is 63.5 cm³/mol. The zero-order valence-electron chi connectivity index (χ0n) is 10.5. The molecule has 1 amide bonds. The molecule has 5 heteroatoms. The number of esters is 1. The Bertz CT molecular complexity index is 254. The third kappa shape index (κ3) is 5.35. The van der Waals surface area contributed by atoms with Gasteiger partial charge in [0.2, 0.25) is 0 Å². The summed E-state index contributed by atoms with van der Waals surface area (Å²) in [6.07, 6.45) is 0.349. The van der Waals surface area contributed by atoms with Crippen molar-refractivity contribution < 1.29 is 14.3 Å². The van der Waals surface area contributed by atoms with E-state index in [0.717, 1.165) is 0 Å². The van der Waals surface area contributed by atoms with Gasteiger partial charge in [0.25, 0.3) is 0 Å². The van der Waals surface area contributed by atoms with Crippen molar-refractivity contribution in [2.24, 2.45) is 5.92 Å². The van der Waals surface area contributed by atoms with Crippen molar-refractivity contribution in [1.29, 1.82) is 0 Å². The van der Waals surface area contributed by atoms with E-state index in [-0.39, 0.29) is 12.0 Å². The average Bonchev–Trinajstić information content (AvgIpc) is 2.11. The highest BCUT2D eigenvalue weighted by Crippen LogP contribution is 2.14. The molecule has 0 radical (unpaired) electrons. The average molecular weight is 250 g/mol. The minimum absolute atomic E-state index is 0.194. The van der Waals surface area contributed by atoms with Crippen LogP contribution >= 0.6 is 11.6 Å². The highest BCUT2D eigenvalue weighted by atomic mass is 35.5. The van der Waals surface area contributed by atoms with Crippen molar-refractivity contribution in [3.63, 3.8) is 0 Å². The summed E-state index contributed by atoms with van der Waals surface area (Å²) in [5, 5.41) is -0.647. The second-order valence-electron chi connectivity index (χ2n) is 4.49. The smallest absolute Gasteiger partial charge is 0.329 e. The standard InChI is InChI=1S/C11H20ClNO3/c1-7(2)6-9(13(5)11(12)15)10(14)16-8(3)4/h7-9H,6H2,1-5H3/t9-/m0/s1. The summed E-state index contributed by atoms with van der Waals surface area (Å²) in [5.74, 6) is -0.122. The lowest BCUT2D eigenvalue weighted by Crippen LogP contribution is -2.42. The van der Waals surface area contributed by atoms with Gasteiger partial charge in [-0.05, 0) is 37.8 Å². The van der Waals surface area contributed by atoms with Crippen LogP contribution < -0.4 is 0 Å². The second-order valence-corrected chi connectivity index (χ2v) is 4.82. The van der Waals surface area contributed by atoms with Gasteiger partial charge in [0.1, 0.15) is 6.04 Å². The highest BCUT2D eigenvalue weighted by Gasteiger charge is 2.28. The highest BCUT2D eigenvalue weighted by molar-refractivity contribution is 6.62. The maximum atomic E-state index is 11.8. The number of likely N-dealkylation sites (N-methyl/N-ethyl adjacent to an activating group) is 1. The molecule has 0 saturated heterocycles. The Balaban J connectivity index is 4.65. The summed E-state index contributed by atoms with van der Waals surface area (Å²) in [4.78, 5) is 24.0. The molecule has 4 nitrogen and oxygen atoms in total. The maximum absolute atomic E-state index is 11.8. The molecule has 1 atom stereocenters. The van der Waals surface area contributed by atoms with E-state index in [4.69, 9.17) is 16.3 Å². The number of carbonyl (C=O) groups excluding carboxylic acids is 2. The summed E-state index contributed by atoms with van der Waals surface area (Å²) >= 11 is 5.37. The number of rotatable bonds is 5. The van der Waals surface area contributed by atoms with Gasteiger partial charge >= 0.3 is 11.3 Å². The van der Waals surface area contributed by atoms with Gasteiger partial charge in [-0.3, -0.25) is 4.79 Å². The van der Waals surface area contributed by atoms with Crippen LogP contribution in [0.2, 0.25) is 0 Å². The van der Waals surface area contributed by atoms with Crippen molar-refractivity contribution in [2.45, 2.75) is 46.3 Å². The molecule has 16 heavy (non-hydrogen) atoms. The lowest BCUT2D eigenvalue weighted by Gasteiger charge is -2.26. The van der Waals surface area contributed by atoms with E-state index in [1.54, 1.807) is 13.8 Å². The normalized spacial score (nSPS) is 12.8. The van der Waals surface area contributed by atoms with E-state index in [2.05, 4.69) is 0 Å². The van der Waals surface area contributed by atoms with Crippen LogP contribution in [0.5, 0.6) is 0 Å². The summed E-state index contributed by atoms with van der Waals surface area (Å²) in [6, 6.07) is -0.604. The summed E-state index contributed by atoms with van der Waals surface area (Å²) in [5.41, 5.74) is 0. The molecular weight excluding hydrogens is 230 g/mol. The molecule has 0 aromatic rings. The number of halogens is 1. The number of carbonyl (C=O) groups is 2. The Hall–Kier alpha value is -0.770. The third-order valence-electron chi connectivity index (χ3n) is 2.06. The van der Waals surface area contributed by atoms with Crippen molar-refractivity contribution in [3.8, 4) is 0 Å². The largest absolute Gasteiger partial charge is 0.461 e. The number of hydrogen-bond donors (Lipinski definition) is 0. The van der Waals surface area contributed by atoms with Gasteiger partial charge in [-0.1, -0.05) is 13.8 Å². The first-order chi connectivity index (χ1) is 7.25. The molecule has 0 fully saturated rings. The Morgan fingerprint density at radius 2 is 1.75 bits per heavy atom. The fraction of sp³-hybridized carbons (Fsp3) is 0.818. The third-order valence-corrected chi connectivity index (χ3v) is 2.33. The number of hydrogen-bond acceptors (Lipinski definition) is 3. The van der Waals surface area contributed by atoms with E-state index >= 15 is 0 Å². The summed E-state index contributed by atoms with van der Waals surface area (Å²) in [7, 11) is 1.50. The molecule has 0 saturated carbocycles. The van der Waals surface area contributed by atoms with Crippen LogP contribution in [-0.2, 0) is 9.53 Å². The first kappa shape index (κ1) is 15.2. The van der Waals surface area contributed by atoms with Gasteiger partial charge in [-0.15, -0.1) is 0 Å². The second kappa shape index (κ2) is 6.74. The van der Waals surface area contributed by atoms with E-state index < -0.39 is 17.4 Å². The molecule has 0 N–H and O–H groups in total. The quantitative estimate of drug-likeness (QED) is 0.428. The van der Waals surface area contributed by atoms with E-state index in [0.29, 0.717) is 6.42 Å². The van der Waals surface area contributed by atoms with Gasteiger partial charge in [-0.2, -0.15) is 0 Å². The molecule has 0 aliphatic rings. The zero-order chi connectivity index (χ0) is 12.9. The number of nitrogens with zero attached hydrogens (tertiary/aromatic N) is 1. The lowest BCUT2D eigenvalue weighted by atomic mass is 10.0. The molecule has 94 valence electrons. The first-order valence-corrected chi connectivity index (χ1v) is 5.76. The van der Waals surface area contributed by atoms with Crippen LogP contribution in [0.25, 0.3) is 0 Å². The van der Waals surface area contributed by atoms with Crippen molar-refractivity contribution in [3.05, 3.63) is 0 Å². The summed E-state index contributed by atoms with van der Waals surface area (Å²) < 4.78 is 5.09. The molecule has 0 unspecified atom stereocenters. The molecular formula is C11H20ClNO3. The van der Waals surface area contributed by atoms with Crippen molar-refractivity contribution >= 4 is 22.9 Å². The van der Waals surface area contributed by atoms with Crippen LogP contribution in [0.1, 0.15) is 34.1 Å². The van der Waals surface area contributed by atoms with Crippen LogP contribution in [-0.4, -0.2) is 35.4 Å². The Labute approximate surface area is 102 Å². The van der Waals surface area contributed by atoms with Gasteiger partial charge in [0.05, 0.1) is 6.10 Å². The summed E-state index contributed by atoms with van der Waals surface area (Å²) in [6.45, 7) is 7.49. The monoisotopic (exact) mass is 249 g/mol. The van der Waals surface area contributed by atoms with Crippen LogP contribution in [0.4, 0.5) is 4.79 Å². The molecule has 0 aromatic carbocycles. The Morgan fingerprint density at radius 1 is 1.25 bits per heavy atom. The van der Waals surface area contributed by atoms with Gasteiger partial charge in [-0.25, -0.2) is 4.79 Å². The number of ether oxygens (including phenoxy) is 1. The fourth-order valence-corrected chi connectivity index (χ4v) is 1.41. The van der Waals surface area contributed by atoms with E-state index in [1.807, 2.05) is 13.8 Å². The molecule has 0 aliphatic heterocycles. The zero-order valence-corrected chi connectivity index (χ0v) is 11.2. The molecule has 0 bridgehead atoms. The van der Waals surface area contributed by atoms with Crippen LogP contribution in [0, 0.1) is 5.92 Å². The van der Waals surface area contributed by atoms with E-state index in [1.165, 1.54) is 11.9 Å². The molecule has 0 aromatic heterocycles. The van der Waals surface area contributed by atoms with E-state index in [9.17, 15) is 9.59 Å². The van der Waals surface area contributed by atoms with Gasteiger partial charge in [0, 0.05) is 7.05 Å². The van der Waals surface area contributed by atoms with Gasteiger partial charge < -0.3 is 9.64 Å². The Kier molecular flexibility index (Phi) is 6.41. The lowest BCUT2D eigenvalue weighted by molar-refractivity contribution is -0.152. The van der Waals surface area contributed by atoms with Crippen LogP contribution in [0.15, 0.2) is 0 Å². The van der Waals surface area contributed by atoms with Crippen LogP contribution in [0.3, 0.4) is 0 Å². The molecule has 0 heterocycles. The molecule has 0 rings (SSSR count). The Morgan fingerprint density at radius 3 is 2.06 bits per heavy atom. The fourth-order valence-electron chi connectivity index (χ4n) is 1.29. The molecule has 0 aliphatic carbocycles. The maximum Gasteiger partial charge on any atom is 0.329 e. The topological polar surface area (TPSA) is 46.6 Å². The predicted octanol–water partition coefficient (Wildman–Crippen LogP) is 2.64. The van der Waals surface area contributed by atoms with Crippen molar-refractivity contribution in [1.82, 2.24) is 4.90 Å². The number of amides is 1. The first-order valence-electron chi connectivity index (χ1n) is 5.38. The minimum Gasteiger partial charge on any atom is -0.461 e. The van der Waals surface area contributed by atoms with Crippen molar-refractivity contribution in [2.75, 3.05) is 7.05 Å². The molecule has 0 spiro atoms. The van der Waals surface area contributed by atoms with Gasteiger partial charge in [0.15, 0.2) is 0 Å². The minimum atomic E-state index is -0.647. The SMILES string of the molecule is CC(C)C[C@@H](C(=O)OC(C)C)N(C)C(=O)Cl.